The molecule has 6 heteroatoms. The van der Waals surface area contributed by atoms with Gasteiger partial charge < -0.3 is 9.47 Å². The number of nitrogens with zero attached hydrogens (tertiary/aromatic N) is 1. The fourth-order valence-corrected chi connectivity index (χ4v) is 1.57. The Balaban J connectivity index is 2.68. The third kappa shape index (κ3) is 3.32. The van der Waals surface area contributed by atoms with Gasteiger partial charge in [-0.15, -0.1) is 11.3 Å². The van der Waals surface area contributed by atoms with E-state index in [-0.39, 0.29) is 12.3 Å². The molecule has 0 spiro atoms. The van der Waals surface area contributed by atoms with Crippen molar-refractivity contribution in [3.63, 3.8) is 0 Å². The number of ether oxygens (including phenoxy) is 2. The molecular weight excluding hydrogens is 218 g/mol. The van der Waals surface area contributed by atoms with Gasteiger partial charge in [-0.05, 0) is 6.92 Å². The number of aromatic nitrogens is 1. The molecule has 0 aliphatic carbocycles. The van der Waals surface area contributed by atoms with Gasteiger partial charge in [0, 0.05) is 6.92 Å². The van der Waals surface area contributed by atoms with E-state index in [0.717, 1.165) is 0 Å². The second-order valence-electron chi connectivity index (χ2n) is 2.62. The van der Waals surface area contributed by atoms with E-state index in [9.17, 15) is 9.59 Å². The number of thiazole rings is 1. The minimum atomic E-state index is -0.485. The van der Waals surface area contributed by atoms with Gasteiger partial charge in [0.1, 0.15) is 6.61 Å². The van der Waals surface area contributed by atoms with E-state index in [0.29, 0.717) is 11.5 Å². The molecule has 0 unspecified atom stereocenters. The summed E-state index contributed by atoms with van der Waals surface area (Å²) in [5, 5.41) is 0. The number of carbonyl (C=O) groups is 2. The molecule has 0 radical (unpaired) electrons. The lowest BCUT2D eigenvalue weighted by atomic mass is 10.4. The highest BCUT2D eigenvalue weighted by Gasteiger charge is 2.16. The SMILES string of the molecule is CCOC(=O)c1ncsc1COC(C)=O. The largest absolute Gasteiger partial charge is 0.461 e. The Morgan fingerprint density at radius 3 is 2.80 bits per heavy atom. The summed E-state index contributed by atoms with van der Waals surface area (Å²) in [7, 11) is 0. The molecule has 1 aromatic heterocycles. The van der Waals surface area contributed by atoms with Crippen LogP contribution >= 0.6 is 11.3 Å². The highest BCUT2D eigenvalue weighted by molar-refractivity contribution is 7.09. The lowest BCUT2D eigenvalue weighted by Crippen LogP contribution is -2.09. The van der Waals surface area contributed by atoms with E-state index in [1.807, 2.05) is 0 Å². The van der Waals surface area contributed by atoms with Crippen LogP contribution in [0, 0.1) is 0 Å². The number of hydrogen-bond acceptors (Lipinski definition) is 6. The van der Waals surface area contributed by atoms with E-state index in [4.69, 9.17) is 9.47 Å². The summed E-state index contributed by atoms with van der Waals surface area (Å²) in [6.45, 7) is 3.39. The summed E-state index contributed by atoms with van der Waals surface area (Å²) in [5.74, 6) is -0.876. The Labute approximate surface area is 91.0 Å². The molecule has 0 bridgehead atoms. The van der Waals surface area contributed by atoms with Gasteiger partial charge in [0.15, 0.2) is 5.69 Å². The molecule has 0 saturated carbocycles. The zero-order valence-corrected chi connectivity index (χ0v) is 9.30. The topological polar surface area (TPSA) is 65.5 Å². The van der Waals surface area contributed by atoms with Crippen molar-refractivity contribution in [2.75, 3.05) is 6.61 Å². The summed E-state index contributed by atoms with van der Waals surface area (Å²) >= 11 is 1.26. The Hall–Kier alpha value is -1.43. The van der Waals surface area contributed by atoms with Crippen molar-refractivity contribution in [1.82, 2.24) is 4.98 Å². The van der Waals surface area contributed by atoms with Crippen LogP contribution in [0.25, 0.3) is 0 Å². The standard InChI is InChI=1S/C9H11NO4S/c1-3-13-9(12)8-7(15-5-10-8)4-14-6(2)11/h5H,3-4H2,1-2H3. The second-order valence-corrected chi connectivity index (χ2v) is 3.56. The molecule has 1 rings (SSSR count). The minimum Gasteiger partial charge on any atom is -0.461 e. The van der Waals surface area contributed by atoms with Gasteiger partial charge in [0.2, 0.25) is 0 Å². The van der Waals surface area contributed by atoms with Gasteiger partial charge >= 0.3 is 11.9 Å². The number of rotatable bonds is 4. The number of carbonyl (C=O) groups excluding carboxylic acids is 2. The normalized spacial score (nSPS) is 9.73. The summed E-state index contributed by atoms with van der Waals surface area (Å²) in [6, 6.07) is 0. The van der Waals surface area contributed by atoms with E-state index in [1.165, 1.54) is 23.8 Å². The maximum absolute atomic E-state index is 11.4. The monoisotopic (exact) mass is 229 g/mol. The maximum atomic E-state index is 11.4. The Kier molecular flexibility index (Phi) is 4.23. The first-order chi connectivity index (χ1) is 7.15. The highest BCUT2D eigenvalue weighted by Crippen LogP contribution is 2.15. The fraction of sp³-hybridized carbons (Fsp3) is 0.444. The van der Waals surface area contributed by atoms with Gasteiger partial charge in [-0.3, -0.25) is 4.79 Å². The van der Waals surface area contributed by atoms with Crippen molar-refractivity contribution < 1.29 is 19.1 Å². The van der Waals surface area contributed by atoms with Crippen LogP contribution in [0.3, 0.4) is 0 Å². The second kappa shape index (κ2) is 5.45. The molecular formula is C9H11NO4S. The molecule has 0 N–H and O–H groups in total. The minimum absolute atomic E-state index is 0.0636. The molecule has 1 aromatic rings. The van der Waals surface area contributed by atoms with Gasteiger partial charge in [-0.1, -0.05) is 0 Å². The van der Waals surface area contributed by atoms with E-state index >= 15 is 0 Å². The maximum Gasteiger partial charge on any atom is 0.358 e. The molecule has 15 heavy (non-hydrogen) atoms. The van der Waals surface area contributed by atoms with Gasteiger partial charge in [-0.2, -0.15) is 0 Å². The van der Waals surface area contributed by atoms with Crippen LogP contribution in [0.5, 0.6) is 0 Å². The first-order valence-electron chi connectivity index (χ1n) is 4.38. The van der Waals surface area contributed by atoms with Crippen molar-refractivity contribution in [2.45, 2.75) is 20.5 Å². The van der Waals surface area contributed by atoms with Crippen LogP contribution in [-0.2, 0) is 20.9 Å². The molecule has 5 nitrogen and oxygen atoms in total. The van der Waals surface area contributed by atoms with Gasteiger partial charge in [0.05, 0.1) is 17.0 Å². The third-order valence-electron chi connectivity index (χ3n) is 1.52. The predicted molar refractivity (Wildman–Crippen MR) is 53.5 cm³/mol. The molecule has 0 atom stereocenters. The van der Waals surface area contributed by atoms with Crippen molar-refractivity contribution >= 4 is 23.3 Å². The lowest BCUT2D eigenvalue weighted by Gasteiger charge is -2.02. The van der Waals surface area contributed by atoms with Crippen LogP contribution in [-0.4, -0.2) is 23.5 Å². The molecule has 0 aromatic carbocycles. The quantitative estimate of drug-likeness (QED) is 0.730. The van der Waals surface area contributed by atoms with Gasteiger partial charge in [0.25, 0.3) is 0 Å². The van der Waals surface area contributed by atoms with E-state index < -0.39 is 11.9 Å². The molecule has 0 fully saturated rings. The highest BCUT2D eigenvalue weighted by atomic mass is 32.1. The fourth-order valence-electron chi connectivity index (χ4n) is 0.906. The van der Waals surface area contributed by atoms with Crippen LogP contribution in [0.15, 0.2) is 5.51 Å². The van der Waals surface area contributed by atoms with Crippen LogP contribution in [0.4, 0.5) is 0 Å². The first-order valence-corrected chi connectivity index (χ1v) is 5.26. The summed E-state index contributed by atoms with van der Waals surface area (Å²) in [6.07, 6.45) is 0. The average molecular weight is 229 g/mol. The number of hydrogen-bond donors (Lipinski definition) is 0. The molecule has 82 valence electrons. The van der Waals surface area contributed by atoms with Crippen molar-refractivity contribution in [2.24, 2.45) is 0 Å². The zero-order valence-electron chi connectivity index (χ0n) is 8.48. The van der Waals surface area contributed by atoms with E-state index in [1.54, 1.807) is 6.92 Å². The predicted octanol–water partition coefficient (Wildman–Crippen LogP) is 1.38. The first kappa shape index (κ1) is 11.6. The molecule has 1 heterocycles. The zero-order chi connectivity index (χ0) is 11.3. The summed E-state index contributed by atoms with van der Waals surface area (Å²) in [5.41, 5.74) is 1.74. The Bertz CT molecular complexity index is 361. The van der Waals surface area contributed by atoms with Crippen molar-refractivity contribution in [1.29, 1.82) is 0 Å². The number of esters is 2. The smallest absolute Gasteiger partial charge is 0.358 e. The molecule has 0 aliphatic rings. The average Bonchev–Trinajstić information content (AvgIpc) is 2.62. The lowest BCUT2D eigenvalue weighted by molar-refractivity contribution is -0.142. The summed E-state index contributed by atoms with van der Waals surface area (Å²) < 4.78 is 9.58. The molecule has 0 amide bonds. The molecule has 0 aliphatic heterocycles. The van der Waals surface area contributed by atoms with Crippen molar-refractivity contribution in [3.8, 4) is 0 Å². The van der Waals surface area contributed by atoms with E-state index in [2.05, 4.69) is 4.98 Å². The van der Waals surface area contributed by atoms with Gasteiger partial charge in [-0.25, -0.2) is 9.78 Å². The summed E-state index contributed by atoms with van der Waals surface area (Å²) in [4.78, 5) is 26.4. The molecule has 0 saturated heterocycles. The van der Waals surface area contributed by atoms with Crippen molar-refractivity contribution in [3.05, 3.63) is 16.1 Å². The Morgan fingerprint density at radius 1 is 1.47 bits per heavy atom. The van der Waals surface area contributed by atoms with Crippen LogP contribution in [0.2, 0.25) is 0 Å². The van der Waals surface area contributed by atoms with Crippen LogP contribution < -0.4 is 0 Å². The Morgan fingerprint density at radius 2 is 2.20 bits per heavy atom. The van der Waals surface area contributed by atoms with Crippen LogP contribution in [0.1, 0.15) is 29.2 Å². The third-order valence-corrected chi connectivity index (χ3v) is 2.32.